The van der Waals surface area contributed by atoms with Crippen LogP contribution in [0.4, 0.5) is 17.1 Å². The fraction of sp³-hybridized carbons (Fsp3) is 0.125. The maximum absolute atomic E-state index is 13.2. The summed E-state index contributed by atoms with van der Waals surface area (Å²) in [6.45, 7) is 3.37. The number of hydrazone groups is 1. The molecule has 0 saturated carbocycles. The molecule has 0 saturated heterocycles. The summed E-state index contributed by atoms with van der Waals surface area (Å²) >= 11 is 1.66. The van der Waals surface area contributed by atoms with E-state index < -0.39 is 0 Å². The molecule has 1 aliphatic heterocycles. The Morgan fingerprint density at radius 2 is 1.55 bits per heavy atom. The summed E-state index contributed by atoms with van der Waals surface area (Å²) in [5.74, 6) is -0.223. The first-order valence-electron chi connectivity index (χ1n) is 9.87. The second-order valence-electron chi connectivity index (χ2n) is 7.06. The molecule has 1 aliphatic rings. The number of amides is 2. The topological polar surface area (TPSA) is 73.8 Å². The average molecular weight is 431 g/mol. The van der Waals surface area contributed by atoms with Gasteiger partial charge in [0.2, 0.25) is 5.91 Å². The van der Waals surface area contributed by atoms with Gasteiger partial charge in [0.15, 0.2) is 0 Å². The van der Waals surface area contributed by atoms with Crippen molar-refractivity contribution in [2.75, 3.05) is 16.8 Å². The van der Waals surface area contributed by atoms with Gasteiger partial charge in [-0.05, 0) is 48.9 Å². The lowest BCUT2D eigenvalue weighted by Gasteiger charge is -2.30. The van der Waals surface area contributed by atoms with E-state index in [1.807, 2.05) is 79.7 Å². The summed E-state index contributed by atoms with van der Waals surface area (Å²) in [7, 11) is 0. The number of hydrogen-bond donors (Lipinski definition) is 2. The van der Waals surface area contributed by atoms with Crippen LogP contribution >= 0.6 is 11.8 Å². The second-order valence-corrected chi connectivity index (χ2v) is 8.14. The normalized spacial score (nSPS) is 12.6. The molecule has 0 bridgehead atoms. The van der Waals surface area contributed by atoms with E-state index in [1.165, 1.54) is 6.92 Å². The van der Waals surface area contributed by atoms with Crippen molar-refractivity contribution >= 4 is 46.4 Å². The first-order valence-corrected chi connectivity index (χ1v) is 10.7. The van der Waals surface area contributed by atoms with Gasteiger partial charge in [0.05, 0.1) is 17.1 Å². The number of rotatable bonds is 5. The number of nitrogens with zero attached hydrogens (tertiary/aromatic N) is 2. The monoisotopic (exact) mass is 430 g/mol. The first-order chi connectivity index (χ1) is 15.0. The number of carbonyl (C=O) groups is 2. The van der Waals surface area contributed by atoms with E-state index in [9.17, 15) is 9.59 Å². The molecule has 0 fully saturated rings. The van der Waals surface area contributed by atoms with Crippen molar-refractivity contribution in [3.05, 3.63) is 78.4 Å². The zero-order valence-corrected chi connectivity index (χ0v) is 18.1. The van der Waals surface area contributed by atoms with Crippen molar-refractivity contribution in [2.45, 2.75) is 23.6 Å². The molecule has 0 radical (unpaired) electrons. The molecular formula is C24H22N4O2S. The summed E-state index contributed by atoms with van der Waals surface area (Å²) < 4.78 is 0. The van der Waals surface area contributed by atoms with Crippen molar-refractivity contribution in [1.82, 2.24) is 5.43 Å². The summed E-state index contributed by atoms with van der Waals surface area (Å²) in [5.41, 5.74) is 6.94. The largest absolute Gasteiger partial charge is 0.326 e. The van der Waals surface area contributed by atoms with E-state index >= 15 is 0 Å². The number of nitrogens with one attached hydrogen (secondary N) is 2. The highest BCUT2D eigenvalue weighted by atomic mass is 32.2. The Hall–Kier alpha value is -3.58. The van der Waals surface area contributed by atoms with Gasteiger partial charge in [0, 0.05) is 22.4 Å². The molecule has 0 atom stereocenters. The minimum atomic E-state index is -0.129. The molecule has 2 amide bonds. The molecule has 0 aliphatic carbocycles. The summed E-state index contributed by atoms with van der Waals surface area (Å²) in [5, 5.41) is 7.12. The fourth-order valence-corrected chi connectivity index (χ4v) is 4.43. The van der Waals surface area contributed by atoms with Gasteiger partial charge in [-0.3, -0.25) is 14.5 Å². The molecule has 6 nitrogen and oxygen atoms in total. The maximum atomic E-state index is 13.2. The van der Waals surface area contributed by atoms with Crippen LogP contribution in [-0.4, -0.2) is 24.1 Å². The van der Waals surface area contributed by atoms with Crippen LogP contribution in [0.1, 0.15) is 19.4 Å². The van der Waals surface area contributed by atoms with Crippen LogP contribution in [-0.2, 0) is 9.59 Å². The van der Waals surface area contributed by atoms with Crippen molar-refractivity contribution in [3.63, 3.8) is 0 Å². The molecule has 1 heterocycles. The van der Waals surface area contributed by atoms with E-state index in [0.29, 0.717) is 5.69 Å². The predicted octanol–water partition coefficient (Wildman–Crippen LogP) is 4.79. The van der Waals surface area contributed by atoms with E-state index in [0.717, 1.165) is 32.4 Å². The van der Waals surface area contributed by atoms with Crippen LogP contribution in [0.2, 0.25) is 0 Å². The van der Waals surface area contributed by atoms with Crippen molar-refractivity contribution in [3.8, 4) is 0 Å². The molecule has 0 spiro atoms. The summed E-state index contributed by atoms with van der Waals surface area (Å²) in [6, 6.07) is 23.2. The maximum Gasteiger partial charge on any atom is 0.252 e. The lowest BCUT2D eigenvalue weighted by atomic mass is 10.1. The molecule has 3 aromatic carbocycles. The lowest BCUT2D eigenvalue weighted by molar-refractivity contribution is -0.117. The SMILES string of the molecule is CC(=O)Nc1cccc(C(C)=NNCC(=O)N2c3ccccc3Sc3ccccc32)c1. The van der Waals surface area contributed by atoms with E-state index in [1.54, 1.807) is 16.7 Å². The molecule has 3 aromatic rings. The van der Waals surface area contributed by atoms with E-state index in [2.05, 4.69) is 15.8 Å². The molecule has 0 unspecified atom stereocenters. The summed E-state index contributed by atoms with van der Waals surface area (Å²) in [6.07, 6.45) is 0. The van der Waals surface area contributed by atoms with Crippen LogP contribution < -0.4 is 15.6 Å². The van der Waals surface area contributed by atoms with Gasteiger partial charge in [-0.1, -0.05) is 48.2 Å². The minimum Gasteiger partial charge on any atom is -0.326 e. The molecule has 31 heavy (non-hydrogen) atoms. The van der Waals surface area contributed by atoms with Crippen LogP contribution in [0, 0.1) is 0 Å². The van der Waals surface area contributed by atoms with Gasteiger partial charge in [0.1, 0.15) is 6.54 Å². The Morgan fingerprint density at radius 3 is 2.19 bits per heavy atom. The number of fused-ring (bicyclic) bond motifs is 2. The van der Waals surface area contributed by atoms with Gasteiger partial charge in [-0.25, -0.2) is 0 Å². The minimum absolute atomic E-state index is 0.0516. The highest BCUT2D eigenvalue weighted by Gasteiger charge is 2.27. The third-order valence-corrected chi connectivity index (χ3v) is 5.89. The van der Waals surface area contributed by atoms with E-state index in [4.69, 9.17) is 0 Å². The number of carbonyl (C=O) groups excluding carboxylic acids is 2. The Kier molecular flexibility index (Phi) is 6.04. The molecule has 7 heteroatoms. The molecule has 156 valence electrons. The van der Waals surface area contributed by atoms with E-state index in [-0.39, 0.29) is 18.4 Å². The smallest absolute Gasteiger partial charge is 0.252 e. The molecule has 0 aromatic heterocycles. The quantitative estimate of drug-likeness (QED) is 0.451. The van der Waals surface area contributed by atoms with Gasteiger partial charge in [0.25, 0.3) is 5.91 Å². The number of hydrogen-bond acceptors (Lipinski definition) is 5. The zero-order valence-electron chi connectivity index (χ0n) is 17.3. The third kappa shape index (κ3) is 4.62. The van der Waals surface area contributed by atoms with Crippen molar-refractivity contribution in [2.24, 2.45) is 5.10 Å². The Balaban J connectivity index is 1.50. The zero-order chi connectivity index (χ0) is 21.8. The van der Waals surface area contributed by atoms with Crippen molar-refractivity contribution < 1.29 is 9.59 Å². The first kappa shape index (κ1) is 20.7. The van der Waals surface area contributed by atoms with Crippen LogP contribution in [0.5, 0.6) is 0 Å². The molecule has 2 N–H and O–H groups in total. The van der Waals surface area contributed by atoms with Gasteiger partial charge < -0.3 is 10.7 Å². The number of para-hydroxylation sites is 2. The highest BCUT2D eigenvalue weighted by Crippen LogP contribution is 2.47. The highest BCUT2D eigenvalue weighted by molar-refractivity contribution is 7.99. The number of anilines is 3. The molecular weight excluding hydrogens is 408 g/mol. The van der Waals surface area contributed by atoms with Crippen LogP contribution in [0.15, 0.2) is 87.7 Å². The number of benzene rings is 3. The van der Waals surface area contributed by atoms with Crippen LogP contribution in [0.3, 0.4) is 0 Å². The summed E-state index contributed by atoms with van der Waals surface area (Å²) in [4.78, 5) is 28.3. The van der Waals surface area contributed by atoms with Gasteiger partial charge in [-0.15, -0.1) is 0 Å². The molecule has 4 rings (SSSR count). The standard InChI is InChI=1S/C24H22N4O2S/c1-16(18-8-7-9-19(14-18)26-17(2)29)27-25-15-24(30)28-20-10-3-5-12-22(20)31-23-13-6-4-11-21(23)28/h3-14,25H,15H2,1-2H3,(H,26,29). The third-order valence-electron chi connectivity index (χ3n) is 4.76. The Bertz CT molecular complexity index is 1130. The fourth-order valence-electron chi connectivity index (χ4n) is 3.37. The Labute approximate surface area is 185 Å². The average Bonchev–Trinajstić information content (AvgIpc) is 2.77. The predicted molar refractivity (Wildman–Crippen MR) is 125 cm³/mol. The van der Waals surface area contributed by atoms with Gasteiger partial charge in [-0.2, -0.15) is 5.10 Å². The van der Waals surface area contributed by atoms with Crippen molar-refractivity contribution in [1.29, 1.82) is 0 Å². The van der Waals surface area contributed by atoms with Gasteiger partial charge >= 0.3 is 0 Å². The Morgan fingerprint density at radius 1 is 0.903 bits per heavy atom. The lowest BCUT2D eigenvalue weighted by Crippen LogP contribution is -2.35. The second kappa shape index (κ2) is 9.06. The van der Waals surface area contributed by atoms with Crippen LogP contribution in [0.25, 0.3) is 0 Å².